The minimum atomic E-state index is 0.188. The van der Waals surface area contributed by atoms with Crippen LogP contribution < -0.4 is 5.32 Å². The maximum Gasteiger partial charge on any atom is 0.0849 e. The molecule has 0 radical (unpaired) electrons. The molecule has 20 heavy (non-hydrogen) atoms. The zero-order valence-corrected chi connectivity index (χ0v) is 14.1. The van der Waals surface area contributed by atoms with Crippen molar-refractivity contribution in [2.45, 2.75) is 46.6 Å². The van der Waals surface area contributed by atoms with Gasteiger partial charge in [-0.15, -0.1) is 0 Å². The van der Waals surface area contributed by atoms with Gasteiger partial charge in [-0.2, -0.15) is 4.37 Å². The number of benzene rings is 1. The molecule has 1 aromatic carbocycles. The van der Waals surface area contributed by atoms with E-state index in [1.165, 1.54) is 27.1 Å². The van der Waals surface area contributed by atoms with E-state index in [-0.39, 0.29) is 5.41 Å². The molecule has 1 N–H and O–H groups in total. The van der Waals surface area contributed by atoms with Gasteiger partial charge in [-0.3, -0.25) is 0 Å². The van der Waals surface area contributed by atoms with E-state index in [0.717, 1.165) is 12.2 Å². The summed E-state index contributed by atoms with van der Waals surface area (Å²) in [4.78, 5) is 1.28. The number of nitrogens with one attached hydrogen (secondary N) is 1. The van der Waals surface area contributed by atoms with Crippen LogP contribution in [-0.4, -0.2) is 11.4 Å². The fraction of sp³-hybridized carbons (Fsp3) is 0.471. The lowest BCUT2D eigenvalue weighted by atomic mass is 9.83. The fourth-order valence-electron chi connectivity index (χ4n) is 2.49. The molecule has 2 rings (SSSR count). The lowest BCUT2D eigenvalue weighted by molar-refractivity contribution is 0.589. The average molecular weight is 288 g/mol. The smallest absolute Gasteiger partial charge is 0.0849 e. The van der Waals surface area contributed by atoms with E-state index < -0.39 is 0 Å². The minimum Gasteiger partial charge on any atom is -0.315 e. The van der Waals surface area contributed by atoms with E-state index in [0.29, 0.717) is 0 Å². The van der Waals surface area contributed by atoms with Crippen molar-refractivity contribution in [3.63, 3.8) is 0 Å². The largest absolute Gasteiger partial charge is 0.315 e. The molecule has 0 atom stereocenters. The molecule has 0 saturated carbocycles. The highest BCUT2D eigenvalue weighted by Gasteiger charge is 2.18. The molecule has 0 unspecified atom stereocenters. The van der Waals surface area contributed by atoms with Crippen LogP contribution in [0.15, 0.2) is 18.2 Å². The standard InChI is InChI=1S/C17H24N2S/c1-11-7-13(17(3,4)5)8-12(2)16(11)15-9-14(10-18-6)20-19-15/h7-9,18H,10H2,1-6H3. The van der Waals surface area contributed by atoms with Gasteiger partial charge in [-0.1, -0.05) is 32.9 Å². The lowest BCUT2D eigenvalue weighted by Gasteiger charge is -2.22. The Morgan fingerprint density at radius 2 is 1.70 bits per heavy atom. The first-order chi connectivity index (χ1) is 9.32. The van der Waals surface area contributed by atoms with Crippen molar-refractivity contribution in [3.05, 3.63) is 39.8 Å². The maximum atomic E-state index is 4.62. The van der Waals surface area contributed by atoms with Crippen LogP contribution in [0.2, 0.25) is 0 Å². The van der Waals surface area contributed by atoms with Crippen LogP contribution in [0.25, 0.3) is 11.3 Å². The molecule has 2 aromatic rings. The van der Waals surface area contributed by atoms with Crippen LogP contribution in [-0.2, 0) is 12.0 Å². The predicted molar refractivity (Wildman–Crippen MR) is 88.5 cm³/mol. The van der Waals surface area contributed by atoms with Gasteiger partial charge in [0.05, 0.1) is 5.69 Å². The molecule has 3 heteroatoms. The quantitative estimate of drug-likeness (QED) is 0.903. The third-order valence-corrected chi connectivity index (χ3v) is 4.35. The summed E-state index contributed by atoms with van der Waals surface area (Å²) in [7, 11) is 1.97. The third-order valence-electron chi connectivity index (χ3n) is 3.56. The third kappa shape index (κ3) is 3.10. The number of nitrogens with zero attached hydrogens (tertiary/aromatic N) is 1. The van der Waals surface area contributed by atoms with Crippen LogP contribution in [0.1, 0.15) is 42.3 Å². The molecule has 0 spiro atoms. The topological polar surface area (TPSA) is 24.9 Å². The van der Waals surface area contributed by atoms with Gasteiger partial charge < -0.3 is 5.32 Å². The summed E-state index contributed by atoms with van der Waals surface area (Å²) in [6.45, 7) is 12.0. The Kier molecular flexibility index (Phi) is 4.31. The summed E-state index contributed by atoms with van der Waals surface area (Å²) in [5, 5.41) is 3.18. The Morgan fingerprint density at radius 3 is 2.20 bits per heavy atom. The van der Waals surface area contributed by atoms with Gasteiger partial charge in [0.2, 0.25) is 0 Å². The van der Waals surface area contributed by atoms with Crippen molar-refractivity contribution in [2.75, 3.05) is 7.05 Å². The molecule has 0 fully saturated rings. The average Bonchev–Trinajstić information content (AvgIpc) is 2.76. The van der Waals surface area contributed by atoms with Gasteiger partial charge in [-0.25, -0.2) is 0 Å². The molecule has 1 heterocycles. The molecule has 0 amide bonds. The Morgan fingerprint density at radius 1 is 1.10 bits per heavy atom. The molecular weight excluding hydrogens is 264 g/mol. The zero-order chi connectivity index (χ0) is 14.9. The van der Waals surface area contributed by atoms with Crippen molar-refractivity contribution in [1.29, 1.82) is 0 Å². The van der Waals surface area contributed by atoms with Crippen molar-refractivity contribution in [2.24, 2.45) is 0 Å². The molecule has 2 nitrogen and oxygen atoms in total. The van der Waals surface area contributed by atoms with Crippen molar-refractivity contribution in [1.82, 2.24) is 9.69 Å². The number of hydrogen-bond acceptors (Lipinski definition) is 3. The first-order valence-electron chi connectivity index (χ1n) is 7.05. The summed E-state index contributed by atoms with van der Waals surface area (Å²) in [5.41, 5.74) is 6.61. The van der Waals surface area contributed by atoms with Gasteiger partial charge >= 0.3 is 0 Å². The second kappa shape index (κ2) is 5.66. The Bertz CT molecular complexity index is 583. The summed E-state index contributed by atoms with van der Waals surface area (Å²) in [6, 6.07) is 6.81. The second-order valence-corrected chi connectivity index (χ2v) is 7.33. The van der Waals surface area contributed by atoms with E-state index in [1.54, 1.807) is 11.5 Å². The van der Waals surface area contributed by atoms with E-state index in [9.17, 15) is 0 Å². The SMILES string of the molecule is CNCc1cc(-c2c(C)cc(C(C)(C)C)cc2C)ns1. The zero-order valence-electron chi connectivity index (χ0n) is 13.3. The van der Waals surface area contributed by atoms with Gasteiger partial charge in [0.25, 0.3) is 0 Å². The van der Waals surface area contributed by atoms with Gasteiger partial charge in [-0.05, 0) is 60.6 Å². The van der Waals surface area contributed by atoms with Crippen molar-refractivity contribution < 1.29 is 0 Å². The minimum absolute atomic E-state index is 0.188. The highest BCUT2D eigenvalue weighted by Crippen LogP contribution is 2.33. The lowest BCUT2D eigenvalue weighted by Crippen LogP contribution is -2.12. The summed E-state index contributed by atoms with van der Waals surface area (Å²) < 4.78 is 4.62. The van der Waals surface area contributed by atoms with Crippen LogP contribution >= 0.6 is 11.5 Å². The highest BCUT2D eigenvalue weighted by molar-refractivity contribution is 7.06. The van der Waals surface area contributed by atoms with Gasteiger partial charge in [0.15, 0.2) is 0 Å². The van der Waals surface area contributed by atoms with E-state index in [2.05, 4.69) is 62.5 Å². The summed E-state index contributed by atoms with van der Waals surface area (Å²) >= 11 is 1.58. The summed E-state index contributed by atoms with van der Waals surface area (Å²) in [5.74, 6) is 0. The molecular formula is C17H24N2S. The molecule has 108 valence electrons. The van der Waals surface area contributed by atoms with Crippen molar-refractivity contribution in [3.8, 4) is 11.3 Å². The number of rotatable bonds is 3. The maximum absolute atomic E-state index is 4.62. The predicted octanol–water partition coefficient (Wildman–Crippen LogP) is 4.44. The van der Waals surface area contributed by atoms with E-state index in [4.69, 9.17) is 0 Å². The van der Waals surface area contributed by atoms with Crippen LogP contribution in [0.3, 0.4) is 0 Å². The normalized spacial score (nSPS) is 11.9. The van der Waals surface area contributed by atoms with E-state index >= 15 is 0 Å². The fourth-order valence-corrected chi connectivity index (χ4v) is 3.22. The van der Waals surface area contributed by atoms with Crippen LogP contribution in [0.4, 0.5) is 0 Å². The molecule has 1 aromatic heterocycles. The van der Waals surface area contributed by atoms with E-state index in [1.807, 2.05) is 7.05 Å². The number of aromatic nitrogens is 1. The van der Waals surface area contributed by atoms with Crippen molar-refractivity contribution >= 4 is 11.5 Å². The Balaban J connectivity index is 2.46. The highest BCUT2D eigenvalue weighted by atomic mass is 32.1. The summed E-state index contributed by atoms with van der Waals surface area (Å²) in [6.07, 6.45) is 0. The molecule has 0 bridgehead atoms. The van der Waals surface area contributed by atoms with Crippen LogP contribution in [0, 0.1) is 13.8 Å². The van der Waals surface area contributed by atoms with Gasteiger partial charge in [0, 0.05) is 17.0 Å². The Labute approximate surface area is 126 Å². The molecule has 0 aliphatic carbocycles. The van der Waals surface area contributed by atoms with Gasteiger partial charge in [0.1, 0.15) is 0 Å². The Hall–Kier alpha value is -1.19. The first kappa shape index (κ1) is 15.2. The molecule has 0 aliphatic rings. The number of hydrogen-bond donors (Lipinski definition) is 1. The molecule has 0 aliphatic heterocycles. The first-order valence-corrected chi connectivity index (χ1v) is 7.82. The number of aryl methyl sites for hydroxylation is 2. The second-order valence-electron chi connectivity index (χ2n) is 6.44. The monoisotopic (exact) mass is 288 g/mol. The molecule has 0 saturated heterocycles. The van der Waals surface area contributed by atoms with Crippen LogP contribution in [0.5, 0.6) is 0 Å².